The number of carbonyl (C=O) groups excluding carboxylic acids is 1. The number of ether oxygens (including phenoxy) is 1. The van der Waals surface area contributed by atoms with E-state index in [2.05, 4.69) is 49.9 Å². The smallest absolute Gasteiger partial charge is 0.343 e. The Balaban J connectivity index is 1.40. The first-order valence-electron chi connectivity index (χ1n) is 15.0. The van der Waals surface area contributed by atoms with E-state index in [1.807, 2.05) is 54.6 Å². The Morgan fingerprint density at radius 1 is 0.641 bits per heavy atom. The Hall–Kier alpha value is -3.39. The third-order valence-electron chi connectivity index (χ3n) is 7.14. The number of hydrogen-bond donors (Lipinski definition) is 0. The van der Waals surface area contributed by atoms with E-state index >= 15 is 0 Å². The summed E-state index contributed by atoms with van der Waals surface area (Å²) < 4.78 is 5.63. The van der Waals surface area contributed by atoms with Gasteiger partial charge in [0.2, 0.25) is 0 Å². The van der Waals surface area contributed by atoms with Crippen LogP contribution in [0, 0.1) is 0 Å². The average Bonchev–Trinajstić information content (AvgIpc) is 2.97. The number of hydrogen-bond acceptors (Lipinski definition) is 2. The van der Waals surface area contributed by atoms with Crippen molar-refractivity contribution in [1.29, 1.82) is 0 Å². The van der Waals surface area contributed by atoms with Crippen LogP contribution in [0.5, 0.6) is 5.75 Å². The summed E-state index contributed by atoms with van der Waals surface area (Å²) in [5, 5.41) is 0. The molecule has 0 saturated carbocycles. The molecule has 0 spiro atoms. The second-order valence-electron chi connectivity index (χ2n) is 10.4. The minimum atomic E-state index is -0.319. The molecular weight excluding hydrogens is 476 g/mol. The van der Waals surface area contributed by atoms with E-state index in [9.17, 15) is 4.79 Å². The molecule has 206 valence electrons. The van der Waals surface area contributed by atoms with Crippen molar-refractivity contribution in [2.24, 2.45) is 0 Å². The van der Waals surface area contributed by atoms with Crippen LogP contribution in [-0.2, 0) is 12.8 Å². The molecule has 0 fully saturated rings. The Morgan fingerprint density at radius 2 is 1.15 bits per heavy atom. The summed E-state index contributed by atoms with van der Waals surface area (Å²) in [6.07, 6.45) is 22.2. The van der Waals surface area contributed by atoms with Gasteiger partial charge < -0.3 is 4.74 Å². The first kappa shape index (κ1) is 30.2. The number of aryl methyl sites for hydroxylation is 2. The van der Waals surface area contributed by atoms with Crippen LogP contribution in [0.4, 0.5) is 0 Å². The first-order valence-corrected chi connectivity index (χ1v) is 15.0. The number of esters is 1. The fraction of sp³-hybridized carbons (Fsp3) is 0.378. The highest BCUT2D eigenvalue weighted by atomic mass is 16.5. The molecule has 39 heavy (non-hydrogen) atoms. The van der Waals surface area contributed by atoms with E-state index in [0.717, 1.165) is 37.7 Å². The molecule has 0 radical (unpaired) electrons. The molecule has 0 aliphatic rings. The molecule has 0 aliphatic heterocycles. The average molecular weight is 523 g/mol. The summed E-state index contributed by atoms with van der Waals surface area (Å²) >= 11 is 0. The van der Waals surface area contributed by atoms with E-state index < -0.39 is 0 Å². The van der Waals surface area contributed by atoms with E-state index in [-0.39, 0.29) is 5.97 Å². The minimum absolute atomic E-state index is 0.319. The summed E-state index contributed by atoms with van der Waals surface area (Å²) in [6, 6.07) is 24.4. The standard InChI is InChI=1S/C37H46O2/c1-3-5-7-9-11-12-14-16-18-32-21-25-35(26-22-32)37(38)39-36-29-27-34(28-30-36)33-23-19-31(20-24-33)17-15-13-10-8-6-4-2/h4,9,11,19-30H,2-3,5-8,10,12-18H2,1H3/b11-9+. The second kappa shape index (κ2) is 18.0. The lowest BCUT2D eigenvalue weighted by molar-refractivity contribution is 0.0734. The van der Waals surface area contributed by atoms with Crippen molar-refractivity contribution >= 4 is 5.97 Å². The van der Waals surface area contributed by atoms with Gasteiger partial charge in [-0.15, -0.1) is 6.58 Å². The minimum Gasteiger partial charge on any atom is -0.423 e. The zero-order chi connectivity index (χ0) is 27.5. The van der Waals surface area contributed by atoms with Crippen LogP contribution in [0.15, 0.2) is 97.6 Å². The van der Waals surface area contributed by atoms with Crippen molar-refractivity contribution in [2.75, 3.05) is 0 Å². The van der Waals surface area contributed by atoms with Crippen LogP contribution in [0.3, 0.4) is 0 Å². The predicted molar refractivity (Wildman–Crippen MR) is 166 cm³/mol. The Morgan fingerprint density at radius 3 is 1.77 bits per heavy atom. The molecule has 0 saturated heterocycles. The molecule has 0 aromatic heterocycles. The van der Waals surface area contributed by atoms with E-state index in [0.29, 0.717) is 11.3 Å². The predicted octanol–water partition coefficient (Wildman–Crippen LogP) is 10.7. The molecule has 2 heteroatoms. The summed E-state index contributed by atoms with van der Waals surface area (Å²) in [5.41, 5.74) is 5.52. The van der Waals surface area contributed by atoms with Gasteiger partial charge in [0.15, 0.2) is 0 Å². The van der Waals surface area contributed by atoms with Crippen LogP contribution in [0.1, 0.15) is 99.0 Å². The van der Waals surface area contributed by atoms with Gasteiger partial charge in [-0.25, -0.2) is 4.79 Å². The molecule has 0 heterocycles. The van der Waals surface area contributed by atoms with Crippen LogP contribution < -0.4 is 4.74 Å². The summed E-state index contributed by atoms with van der Waals surface area (Å²) in [4.78, 5) is 12.7. The SMILES string of the molecule is C=CCCCCCCc1ccc(-c2ccc(OC(=O)c3ccc(CCCC/C=C/CCCC)cc3)cc2)cc1. The maximum atomic E-state index is 12.7. The Kier molecular flexibility index (Phi) is 13.9. The van der Waals surface area contributed by atoms with Gasteiger partial charge in [0.05, 0.1) is 5.56 Å². The number of allylic oxidation sites excluding steroid dienone is 3. The van der Waals surface area contributed by atoms with Crippen LogP contribution in [0.25, 0.3) is 11.1 Å². The second-order valence-corrected chi connectivity index (χ2v) is 10.4. The lowest BCUT2D eigenvalue weighted by Crippen LogP contribution is -2.08. The molecule has 0 amide bonds. The third-order valence-corrected chi connectivity index (χ3v) is 7.14. The normalized spacial score (nSPS) is 11.1. The van der Waals surface area contributed by atoms with Gasteiger partial charge in [-0.05, 0) is 104 Å². The Labute approximate surface area is 236 Å². The van der Waals surface area contributed by atoms with E-state index in [4.69, 9.17) is 4.74 Å². The van der Waals surface area contributed by atoms with Crippen molar-refractivity contribution in [3.05, 3.63) is 114 Å². The van der Waals surface area contributed by atoms with Crippen molar-refractivity contribution in [3.63, 3.8) is 0 Å². The van der Waals surface area contributed by atoms with Gasteiger partial charge in [0.25, 0.3) is 0 Å². The zero-order valence-corrected chi connectivity index (χ0v) is 23.9. The molecular formula is C37H46O2. The van der Waals surface area contributed by atoms with Crippen molar-refractivity contribution in [3.8, 4) is 16.9 Å². The lowest BCUT2D eigenvalue weighted by atomic mass is 10.0. The molecule has 0 N–H and O–H groups in total. The number of rotatable bonds is 18. The summed E-state index contributed by atoms with van der Waals surface area (Å²) in [7, 11) is 0. The number of benzene rings is 3. The Bertz CT molecular complexity index is 1120. The van der Waals surface area contributed by atoms with Gasteiger partial charge in [-0.3, -0.25) is 0 Å². The van der Waals surface area contributed by atoms with Crippen LogP contribution in [-0.4, -0.2) is 5.97 Å². The topological polar surface area (TPSA) is 26.3 Å². The zero-order valence-electron chi connectivity index (χ0n) is 23.9. The van der Waals surface area contributed by atoms with E-state index in [1.54, 1.807) is 0 Å². The van der Waals surface area contributed by atoms with Crippen molar-refractivity contribution < 1.29 is 9.53 Å². The molecule has 0 atom stereocenters. The molecule has 2 nitrogen and oxygen atoms in total. The molecule has 3 aromatic rings. The monoisotopic (exact) mass is 522 g/mol. The van der Waals surface area contributed by atoms with Gasteiger partial charge in [0.1, 0.15) is 5.75 Å². The highest BCUT2D eigenvalue weighted by molar-refractivity contribution is 5.91. The molecule has 0 aliphatic carbocycles. The number of carbonyl (C=O) groups is 1. The van der Waals surface area contributed by atoms with E-state index in [1.165, 1.54) is 68.1 Å². The fourth-order valence-corrected chi connectivity index (χ4v) is 4.67. The highest BCUT2D eigenvalue weighted by Crippen LogP contribution is 2.24. The van der Waals surface area contributed by atoms with Crippen LogP contribution >= 0.6 is 0 Å². The lowest BCUT2D eigenvalue weighted by Gasteiger charge is -2.08. The highest BCUT2D eigenvalue weighted by Gasteiger charge is 2.09. The summed E-state index contributed by atoms with van der Waals surface area (Å²) in [5.74, 6) is 0.244. The van der Waals surface area contributed by atoms with Gasteiger partial charge in [0, 0.05) is 0 Å². The summed E-state index contributed by atoms with van der Waals surface area (Å²) in [6.45, 7) is 6.01. The molecule has 3 aromatic carbocycles. The first-order chi connectivity index (χ1) is 19.2. The maximum Gasteiger partial charge on any atom is 0.343 e. The fourth-order valence-electron chi connectivity index (χ4n) is 4.67. The number of unbranched alkanes of at least 4 members (excludes halogenated alkanes) is 8. The van der Waals surface area contributed by atoms with Gasteiger partial charge in [-0.1, -0.05) is 99.4 Å². The molecule has 0 bridgehead atoms. The maximum absolute atomic E-state index is 12.7. The quantitative estimate of drug-likeness (QED) is 0.0718. The largest absolute Gasteiger partial charge is 0.423 e. The van der Waals surface area contributed by atoms with Crippen LogP contribution in [0.2, 0.25) is 0 Å². The molecule has 0 unspecified atom stereocenters. The molecule has 3 rings (SSSR count). The van der Waals surface area contributed by atoms with Crippen molar-refractivity contribution in [2.45, 2.75) is 90.4 Å². The van der Waals surface area contributed by atoms with Crippen molar-refractivity contribution in [1.82, 2.24) is 0 Å². The third kappa shape index (κ3) is 11.5. The van der Waals surface area contributed by atoms with Gasteiger partial charge in [-0.2, -0.15) is 0 Å². The van der Waals surface area contributed by atoms with Gasteiger partial charge >= 0.3 is 5.97 Å².